The van der Waals surface area contributed by atoms with Crippen LogP contribution in [0.5, 0.6) is 5.75 Å². The lowest BCUT2D eigenvalue weighted by Crippen LogP contribution is -2.27. The van der Waals surface area contributed by atoms with Gasteiger partial charge in [-0.1, -0.05) is 6.07 Å². The van der Waals surface area contributed by atoms with E-state index in [-0.39, 0.29) is 17.2 Å². The van der Waals surface area contributed by atoms with Gasteiger partial charge in [-0.25, -0.2) is 0 Å². The van der Waals surface area contributed by atoms with Crippen LogP contribution in [0.15, 0.2) is 48.5 Å². The van der Waals surface area contributed by atoms with Crippen molar-refractivity contribution in [3.05, 3.63) is 59.7 Å². The number of amides is 2. The quantitative estimate of drug-likeness (QED) is 0.883. The number of carbonyl (C=O) groups excluding carboxylic acids is 2. The van der Waals surface area contributed by atoms with Gasteiger partial charge in [0.15, 0.2) is 0 Å². The van der Waals surface area contributed by atoms with E-state index in [4.69, 9.17) is 0 Å². The Hall–Kier alpha value is -2.96. The van der Waals surface area contributed by atoms with Gasteiger partial charge < -0.3 is 15.0 Å². The first kappa shape index (κ1) is 17.8. The topological polar surface area (TPSA) is 58.6 Å². The predicted molar refractivity (Wildman–Crippen MR) is 92.6 cm³/mol. The van der Waals surface area contributed by atoms with Crippen molar-refractivity contribution in [3.63, 3.8) is 0 Å². The van der Waals surface area contributed by atoms with E-state index in [1.165, 1.54) is 24.3 Å². The number of benzene rings is 2. The largest absolute Gasteiger partial charge is 0.435 e. The van der Waals surface area contributed by atoms with Crippen molar-refractivity contribution in [3.8, 4) is 5.75 Å². The van der Waals surface area contributed by atoms with Crippen LogP contribution < -0.4 is 10.1 Å². The fourth-order valence-corrected chi connectivity index (χ4v) is 2.82. The number of hydrogen-bond acceptors (Lipinski definition) is 3. The molecule has 0 bridgehead atoms. The van der Waals surface area contributed by atoms with Crippen LogP contribution >= 0.6 is 0 Å². The Morgan fingerprint density at radius 1 is 1.00 bits per heavy atom. The van der Waals surface area contributed by atoms with Crippen molar-refractivity contribution >= 4 is 17.5 Å². The Morgan fingerprint density at radius 3 is 2.35 bits per heavy atom. The highest BCUT2D eigenvalue weighted by Gasteiger charge is 2.19. The molecule has 5 nitrogen and oxygen atoms in total. The second-order valence-corrected chi connectivity index (χ2v) is 5.94. The average Bonchev–Trinajstić information content (AvgIpc) is 3.16. The summed E-state index contributed by atoms with van der Waals surface area (Å²) in [4.78, 5) is 26.3. The second-order valence-electron chi connectivity index (χ2n) is 5.94. The van der Waals surface area contributed by atoms with Gasteiger partial charge >= 0.3 is 6.61 Å². The number of halogens is 2. The minimum Gasteiger partial charge on any atom is -0.435 e. The van der Waals surface area contributed by atoms with Crippen molar-refractivity contribution in [2.24, 2.45) is 0 Å². The van der Waals surface area contributed by atoms with Crippen LogP contribution in [-0.2, 0) is 0 Å². The molecule has 2 aromatic carbocycles. The van der Waals surface area contributed by atoms with Crippen LogP contribution in [0, 0.1) is 0 Å². The molecule has 1 N–H and O–H groups in total. The van der Waals surface area contributed by atoms with Crippen LogP contribution in [0.2, 0.25) is 0 Å². The third-order valence-corrected chi connectivity index (χ3v) is 4.10. The zero-order chi connectivity index (χ0) is 18.5. The van der Waals surface area contributed by atoms with Crippen LogP contribution in [-0.4, -0.2) is 36.4 Å². The summed E-state index contributed by atoms with van der Waals surface area (Å²) in [6, 6.07) is 12.2. The second kappa shape index (κ2) is 7.95. The van der Waals surface area contributed by atoms with E-state index in [9.17, 15) is 18.4 Å². The predicted octanol–water partition coefficient (Wildman–Crippen LogP) is 3.78. The molecule has 0 spiro atoms. The number of nitrogens with zero attached hydrogens (tertiary/aromatic N) is 1. The van der Waals surface area contributed by atoms with Crippen LogP contribution in [0.1, 0.15) is 33.6 Å². The van der Waals surface area contributed by atoms with Crippen LogP contribution in [0.25, 0.3) is 0 Å². The molecular formula is C19H18F2N2O3. The van der Waals surface area contributed by atoms with Crippen LogP contribution in [0.4, 0.5) is 14.5 Å². The number of nitrogens with one attached hydrogen (secondary N) is 1. The summed E-state index contributed by atoms with van der Waals surface area (Å²) in [5.41, 5.74) is 1.27. The first-order valence-electron chi connectivity index (χ1n) is 8.28. The van der Waals surface area contributed by atoms with Gasteiger partial charge in [-0.15, -0.1) is 0 Å². The van der Waals surface area contributed by atoms with E-state index in [0.29, 0.717) is 11.3 Å². The summed E-state index contributed by atoms with van der Waals surface area (Å²) in [6.07, 6.45) is 2.04. The normalized spacial score (nSPS) is 13.7. The average molecular weight is 360 g/mol. The molecule has 26 heavy (non-hydrogen) atoms. The van der Waals surface area contributed by atoms with Crippen molar-refractivity contribution < 1.29 is 23.1 Å². The molecule has 0 aromatic heterocycles. The third kappa shape index (κ3) is 4.36. The highest BCUT2D eigenvalue weighted by atomic mass is 19.3. The molecule has 1 heterocycles. The molecule has 0 radical (unpaired) electrons. The fourth-order valence-electron chi connectivity index (χ4n) is 2.82. The minimum absolute atomic E-state index is 0.0165. The number of rotatable bonds is 5. The lowest BCUT2D eigenvalue weighted by Gasteiger charge is -2.15. The minimum atomic E-state index is -2.95. The number of carbonyl (C=O) groups is 2. The highest BCUT2D eigenvalue weighted by Crippen LogP contribution is 2.19. The molecule has 136 valence electrons. The molecule has 2 amide bonds. The number of likely N-dealkylation sites (tertiary alicyclic amines) is 1. The number of anilines is 1. The summed E-state index contributed by atoms with van der Waals surface area (Å²) in [5, 5.41) is 2.67. The van der Waals surface area contributed by atoms with Gasteiger partial charge in [0.1, 0.15) is 5.75 Å². The zero-order valence-electron chi connectivity index (χ0n) is 14.0. The molecule has 1 aliphatic heterocycles. The molecule has 1 fully saturated rings. The van der Waals surface area contributed by atoms with E-state index >= 15 is 0 Å². The van der Waals surface area contributed by atoms with Gasteiger partial charge in [0.2, 0.25) is 0 Å². The van der Waals surface area contributed by atoms with E-state index in [0.717, 1.165) is 25.9 Å². The highest BCUT2D eigenvalue weighted by molar-refractivity contribution is 6.04. The molecule has 7 heteroatoms. The molecule has 1 saturated heterocycles. The Bertz CT molecular complexity index is 788. The number of ether oxygens (including phenoxy) is 1. The Morgan fingerprint density at radius 2 is 1.69 bits per heavy atom. The lowest BCUT2D eigenvalue weighted by atomic mass is 10.1. The van der Waals surface area contributed by atoms with E-state index in [1.807, 2.05) is 4.90 Å². The molecule has 0 atom stereocenters. The lowest BCUT2D eigenvalue weighted by molar-refractivity contribution is -0.0498. The molecule has 2 aromatic rings. The van der Waals surface area contributed by atoms with Crippen molar-refractivity contribution in [1.29, 1.82) is 0 Å². The summed E-state index contributed by atoms with van der Waals surface area (Å²) < 4.78 is 28.8. The molecule has 0 aliphatic carbocycles. The van der Waals surface area contributed by atoms with Gasteiger partial charge in [0.05, 0.1) is 0 Å². The van der Waals surface area contributed by atoms with Gasteiger partial charge in [-0.3, -0.25) is 9.59 Å². The van der Waals surface area contributed by atoms with E-state index in [1.54, 1.807) is 24.3 Å². The van der Waals surface area contributed by atoms with E-state index in [2.05, 4.69) is 10.1 Å². The summed E-state index contributed by atoms with van der Waals surface area (Å²) >= 11 is 0. The molecule has 0 saturated carbocycles. The number of alkyl halides is 2. The SMILES string of the molecule is O=C(Nc1ccc(C(=O)N2CCCC2)cc1)c1cccc(OC(F)F)c1. The summed E-state index contributed by atoms with van der Waals surface area (Å²) in [5.74, 6) is -0.556. The Kier molecular flexibility index (Phi) is 5.46. The molecule has 1 aliphatic rings. The monoisotopic (exact) mass is 360 g/mol. The maximum Gasteiger partial charge on any atom is 0.387 e. The van der Waals surface area contributed by atoms with Crippen molar-refractivity contribution in [2.45, 2.75) is 19.5 Å². The van der Waals surface area contributed by atoms with E-state index < -0.39 is 12.5 Å². The van der Waals surface area contributed by atoms with Gasteiger partial charge in [0, 0.05) is 29.9 Å². The Labute approximate surface area is 149 Å². The molecule has 0 unspecified atom stereocenters. The molecular weight excluding hydrogens is 342 g/mol. The van der Waals surface area contributed by atoms with Gasteiger partial charge in [-0.05, 0) is 55.3 Å². The summed E-state index contributed by atoms with van der Waals surface area (Å²) in [7, 11) is 0. The standard InChI is InChI=1S/C19H18F2N2O3/c20-19(21)26-16-5-3-4-14(12-16)17(24)22-15-8-6-13(7-9-15)18(25)23-10-1-2-11-23/h3-9,12,19H,1-2,10-11H2,(H,22,24). The zero-order valence-corrected chi connectivity index (χ0v) is 14.0. The van der Waals surface area contributed by atoms with Crippen molar-refractivity contribution in [2.75, 3.05) is 18.4 Å². The van der Waals surface area contributed by atoms with Crippen molar-refractivity contribution in [1.82, 2.24) is 4.90 Å². The maximum absolute atomic E-state index is 12.3. The molecule has 3 rings (SSSR count). The first-order valence-corrected chi connectivity index (χ1v) is 8.28. The van der Waals surface area contributed by atoms with Gasteiger partial charge in [-0.2, -0.15) is 8.78 Å². The van der Waals surface area contributed by atoms with Gasteiger partial charge in [0.25, 0.3) is 11.8 Å². The fraction of sp³-hybridized carbons (Fsp3) is 0.263. The number of hydrogen-bond donors (Lipinski definition) is 1. The smallest absolute Gasteiger partial charge is 0.387 e. The first-order chi connectivity index (χ1) is 12.5. The maximum atomic E-state index is 12.3. The summed E-state index contributed by atoms with van der Waals surface area (Å²) in [6.45, 7) is -1.41. The third-order valence-electron chi connectivity index (χ3n) is 4.10. The Balaban J connectivity index is 1.65. The van der Waals surface area contributed by atoms with Crippen LogP contribution in [0.3, 0.4) is 0 Å².